The van der Waals surface area contributed by atoms with Crippen molar-refractivity contribution in [2.24, 2.45) is 11.7 Å². The molecule has 1 fully saturated rings. The van der Waals surface area contributed by atoms with Gasteiger partial charge in [-0.2, -0.15) is 4.31 Å². The summed E-state index contributed by atoms with van der Waals surface area (Å²) < 4.78 is 26.9. The Labute approximate surface area is 123 Å². The summed E-state index contributed by atoms with van der Waals surface area (Å²) in [5, 5.41) is 1.58. The van der Waals surface area contributed by atoms with Gasteiger partial charge in [-0.25, -0.2) is 8.42 Å². The van der Waals surface area contributed by atoms with Gasteiger partial charge in [0.25, 0.3) is 0 Å². The van der Waals surface area contributed by atoms with Crippen molar-refractivity contribution in [2.45, 2.75) is 11.3 Å². The zero-order chi connectivity index (χ0) is 15.0. The highest BCUT2D eigenvalue weighted by molar-refractivity contribution is 7.89. The van der Waals surface area contributed by atoms with Crippen molar-refractivity contribution in [1.82, 2.24) is 4.31 Å². The summed E-state index contributed by atoms with van der Waals surface area (Å²) in [6, 6.07) is 12.6. The fraction of sp³-hybridized carbons (Fsp3) is 0.267. The van der Waals surface area contributed by atoms with Crippen molar-refractivity contribution < 1.29 is 13.2 Å². The van der Waals surface area contributed by atoms with E-state index in [0.717, 1.165) is 5.39 Å². The average Bonchev–Trinajstić information content (AvgIpc) is 2.97. The molecule has 1 amide bonds. The SMILES string of the molecule is NC(=O)C1CCN(S(=O)(=O)c2cccc3ccccc23)C1. The van der Waals surface area contributed by atoms with Crippen LogP contribution < -0.4 is 5.73 Å². The van der Waals surface area contributed by atoms with Crippen molar-refractivity contribution in [1.29, 1.82) is 0 Å². The molecule has 2 N–H and O–H groups in total. The van der Waals surface area contributed by atoms with E-state index in [-0.39, 0.29) is 11.4 Å². The predicted molar refractivity (Wildman–Crippen MR) is 80.0 cm³/mol. The van der Waals surface area contributed by atoms with Crippen LogP contribution in [0.15, 0.2) is 47.4 Å². The molecule has 0 saturated carbocycles. The molecule has 0 aromatic heterocycles. The second-order valence-electron chi connectivity index (χ2n) is 5.23. The number of carbonyl (C=O) groups is 1. The van der Waals surface area contributed by atoms with E-state index in [1.54, 1.807) is 18.2 Å². The molecule has 110 valence electrons. The van der Waals surface area contributed by atoms with Gasteiger partial charge in [0.15, 0.2) is 0 Å². The number of rotatable bonds is 3. The zero-order valence-electron chi connectivity index (χ0n) is 11.4. The fourth-order valence-corrected chi connectivity index (χ4v) is 4.45. The number of amides is 1. The fourth-order valence-electron chi connectivity index (χ4n) is 2.74. The van der Waals surface area contributed by atoms with Crippen LogP contribution in [0.1, 0.15) is 6.42 Å². The van der Waals surface area contributed by atoms with Gasteiger partial charge in [0.2, 0.25) is 15.9 Å². The van der Waals surface area contributed by atoms with Crippen molar-refractivity contribution in [3.63, 3.8) is 0 Å². The van der Waals surface area contributed by atoms with Crippen LogP contribution in [0.3, 0.4) is 0 Å². The van der Waals surface area contributed by atoms with Crippen LogP contribution in [-0.4, -0.2) is 31.7 Å². The van der Waals surface area contributed by atoms with Crippen LogP contribution in [0.5, 0.6) is 0 Å². The summed E-state index contributed by atoms with van der Waals surface area (Å²) in [4.78, 5) is 11.5. The standard InChI is InChI=1S/C15H16N2O3S/c16-15(18)12-8-9-17(10-12)21(19,20)14-7-3-5-11-4-1-2-6-13(11)14/h1-7,12H,8-10H2,(H2,16,18). The van der Waals surface area contributed by atoms with Crippen molar-refractivity contribution in [3.8, 4) is 0 Å². The molecule has 0 radical (unpaired) electrons. The first-order valence-electron chi connectivity index (χ1n) is 6.77. The molecule has 1 heterocycles. The van der Waals surface area contributed by atoms with Crippen LogP contribution in [0.2, 0.25) is 0 Å². The van der Waals surface area contributed by atoms with Crippen LogP contribution in [0, 0.1) is 5.92 Å². The molecule has 0 bridgehead atoms. The van der Waals surface area contributed by atoms with Gasteiger partial charge >= 0.3 is 0 Å². The molecule has 0 spiro atoms. The number of nitrogens with zero attached hydrogens (tertiary/aromatic N) is 1. The molecule has 1 unspecified atom stereocenters. The van der Waals surface area contributed by atoms with Gasteiger partial charge in [-0.1, -0.05) is 36.4 Å². The van der Waals surface area contributed by atoms with Crippen LogP contribution in [0.25, 0.3) is 10.8 Å². The Morgan fingerprint density at radius 3 is 2.57 bits per heavy atom. The van der Waals surface area contributed by atoms with E-state index in [1.165, 1.54) is 4.31 Å². The third-order valence-corrected chi connectivity index (χ3v) is 5.84. The summed E-state index contributed by atoms with van der Waals surface area (Å²) in [6.07, 6.45) is 0.485. The molecular weight excluding hydrogens is 288 g/mol. The Balaban J connectivity index is 2.04. The molecular formula is C15H16N2O3S. The Morgan fingerprint density at radius 1 is 1.14 bits per heavy atom. The van der Waals surface area contributed by atoms with Crippen LogP contribution in [0.4, 0.5) is 0 Å². The monoisotopic (exact) mass is 304 g/mol. The first-order valence-corrected chi connectivity index (χ1v) is 8.21. The molecule has 5 nitrogen and oxygen atoms in total. The third-order valence-electron chi connectivity index (χ3n) is 3.92. The number of hydrogen-bond donors (Lipinski definition) is 1. The lowest BCUT2D eigenvalue weighted by Crippen LogP contribution is -2.31. The highest BCUT2D eigenvalue weighted by atomic mass is 32.2. The summed E-state index contributed by atoms with van der Waals surface area (Å²) in [7, 11) is -3.61. The Bertz CT molecular complexity index is 796. The molecule has 1 aliphatic rings. The number of sulfonamides is 1. The molecule has 1 atom stereocenters. The van der Waals surface area contributed by atoms with Gasteiger partial charge < -0.3 is 5.73 Å². The Morgan fingerprint density at radius 2 is 1.86 bits per heavy atom. The predicted octanol–water partition coefficient (Wildman–Crippen LogP) is 1.34. The van der Waals surface area contributed by atoms with E-state index in [1.807, 2.05) is 24.3 Å². The van der Waals surface area contributed by atoms with Gasteiger partial charge in [-0.3, -0.25) is 4.79 Å². The van der Waals surface area contributed by atoms with E-state index < -0.39 is 21.8 Å². The number of primary amides is 1. The molecule has 21 heavy (non-hydrogen) atoms. The Hall–Kier alpha value is -1.92. The second kappa shape index (κ2) is 5.13. The summed E-state index contributed by atoms with van der Waals surface area (Å²) >= 11 is 0. The number of fused-ring (bicyclic) bond motifs is 1. The van der Waals surface area contributed by atoms with Gasteiger partial charge in [0.05, 0.1) is 10.8 Å². The number of nitrogens with two attached hydrogens (primary N) is 1. The summed E-state index contributed by atoms with van der Waals surface area (Å²) in [6.45, 7) is 0.500. The first kappa shape index (κ1) is 14.0. The summed E-state index contributed by atoms with van der Waals surface area (Å²) in [5.74, 6) is -0.833. The second-order valence-corrected chi connectivity index (χ2v) is 7.13. The van der Waals surface area contributed by atoms with Gasteiger partial charge in [-0.05, 0) is 17.9 Å². The number of carbonyl (C=O) groups excluding carboxylic acids is 1. The van der Waals surface area contributed by atoms with E-state index >= 15 is 0 Å². The maximum absolute atomic E-state index is 12.8. The lowest BCUT2D eigenvalue weighted by atomic mass is 10.1. The van der Waals surface area contributed by atoms with Crippen LogP contribution >= 0.6 is 0 Å². The topological polar surface area (TPSA) is 80.5 Å². The minimum Gasteiger partial charge on any atom is -0.369 e. The van der Waals surface area contributed by atoms with E-state index in [4.69, 9.17) is 5.73 Å². The Kier molecular flexibility index (Phi) is 3.43. The number of hydrogen-bond acceptors (Lipinski definition) is 3. The van der Waals surface area contributed by atoms with Crippen molar-refractivity contribution in [2.75, 3.05) is 13.1 Å². The average molecular weight is 304 g/mol. The van der Waals surface area contributed by atoms with Gasteiger partial charge in [0, 0.05) is 18.5 Å². The highest BCUT2D eigenvalue weighted by Gasteiger charge is 2.35. The minimum absolute atomic E-state index is 0.168. The molecule has 2 aromatic carbocycles. The lowest BCUT2D eigenvalue weighted by Gasteiger charge is -2.17. The van der Waals surface area contributed by atoms with E-state index in [2.05, 4.69) is 0 Å². The largest absolute Gasteiger partial charge is 0.369 e. The van der Waals surface area contributed by atoms with E-state index in [9.17, 15) is 13.2 Å². The maximum Gasteiger partial charge on any atom is 0.243 e. The molecule has 0 aliphatic carbocycles. The maximum atomic E-state index is 12.8. The molecule has 6 heteroatoms. The molecule has 1 saturated heterocycles. The highest BCUT2D eigenvalue weighted by Crippen LogP contribution is 2.29. The molecule has 1 aliphatic heterocycles. The molecule has 3 rings (SSSR count). The molecule has 2 aromatic rings. The van der Waals surface area contributed by atoms with Gasteiger partial charge in [-0.15, -0.1) is 0 Å². The normalized spacial score (nSPS) is 19.9. The zero-order valence-corrected chi connectivity index (χ0v) is 12.2. The third kappa shape index (κ3) is 2.41. The van der Waals surface area contributed by atoms with Crippen LogP contribution in [-0.2, 0) is 14.8 Å². The number of benzene rings is 2. The van der Waals surface area contributed by atoms with Gasteiger partial charge in [0.1, 0.15) is 0 Å². The first-order chi connectivity index (χ1) is 10.00. The van der Waals surface area contributed by atoms with Crippen molar-refractivity contribution >= 4 is 26.7 Å². The smallest absolute Gasteiger partial charge is 0.243 e. The lowest BCUT2D eigenvalue weighted by molar-refractivity contribution is -0.121. The van der Waals surface area contributed by atoms with Crippen molar-refractivity contribution in [3.05, 3.63) is 42.5 Å². The quantitative estimate of drug-likeness (QED) is 0.929. The summed E-state index contributed by atoms with van der Waals surface area (Å²) in [5.41, 5.74) is 5.27. The minimum atomic E-state index is -3.61. The van der Waals surface area contributed by atoms with E-state index in [0.29, 0.717) is 18.4 Å².